The smallest absolute Gasteiger partial charge is 0.146 e. The molecular weight excluding hydrogens is 247 g/mol. The van der Waals surface area contributed by atoms with Crippen LogP contribution in [0.5, 0.6) is 0 Å². The topological polar surface area (TPSA) is 24.9 Å². The first-order chi connectivity index (χ1) is 8.76. The summed E-state index contributed by atoms with van der Waals surface area (Å²) in [5.41, 5.74) is 1.66. The second-order valence-electron chi connectivity index (χ2n) is 3.89. The fraction of sp³-hybridized carbons (Fsp3) is 0.214. The molecule has 0 radical (unpaired) electrons. The lowest BCUT2D eigenvalue weighted by molar-refractivity contribution is 0.570. The lowest BCUT2D eigenvalue weighted by Gasteiger charge is -2.17. The minimum absolute atomic E-state index is 0.149. The Balaban J connectivity index is 2.36. The molecular formula is C14H15FN2S. The van der Waals surface area contributed by atoms with E-state index >= 15 is 0 Å². The van der Waals surface area contributed by atoms with Crippen LogP contribution in [0, 0.1) is 5.82 Å². The van der Waals surface area contributed by atoms with Gasteiger partial charge in [0.15, 0.2) is 0 Å². The predicted molar refractivity (Wildman–Crippen MR) is 73.3 cm³/mol. The lowest BCUT2D eigenvalue weighted by Crippen LogP contribution is -2.19. The van der Waals surface area contributed by atoms with Crippen LogP contribution in [0.2, 0.25) is 0 Å². The molecule has 18 heavy (non-hydrogen) atoms. The van der Waals surface area contributed by atoms with Gasteiger partial charge in [-0.2, -0.15) is 0 Å². The highest BCUT2D eigenvalue weighted by atomic mass is 32.2. The van der Waals surface area contributed by atoms with E-state index in [0.29, 0.717) is 5.56 Å². The summed E-state index contributed by atoms with van der Waals surface area (Å²) in [6, 6.07) is 9.69. The highest BCUT2D eigenvalue weighted by Gasteiger charge is 2.15. The van der Waals surface area contributed by atoms with Crippen molar-refractivity contribution in [3.05, 3.63) is 59.7 Å². The quantitative estimate of drug-likeness (QED) is 0.856. The van der Waals surface area contributed by atoms with Crippen LogP contribution in [0.3, 0.4) is 0 Å². The lowest BCUT2D eigenvalue weighted by atomic mass is 9.99. The van der Waals surface area contributed by atoms with Crippen molar-refractivity contribution in [2.24, 2.45) is 0 Å². The maximum atomic E-state index is 13.8. The van der Waals surface area contributed by atoms with Crippen LogP contribution in [-0.2, 0) is 0 Å². The number of aromatic nitrogens is 1. The number of halogens is 1. The number of thioether (sulfide) groups is 1. The van der Waals surface area contributed by atoms with E-state index in [1.807, 2.05) is 37.6 Å². The second kappa shape index (κ2) is 5.98. The third-order valence-electron chi connectivity index (χ3n) is 2.85. The SMILES string of the molecule is CNC(c1ccc(SC)cc1)c1ccncc1F. The summed E-state index contributed by atoms with van der Waals surface area (Å²) in [4.78, 5) is 4.97. The Bertz CT molecular complexity index is 513. The highest BCUT2D eigenvalue weighted by Crippen LogP contribution is 2.25. The molecule has 1 N–H and O–H groups in total. The monoisotopic (exact) mass is 262 g/mol. The molecule has 1 atom stereocenters. The standard InChI is InChI=1S/C14H15FN2S/c1-16-14(12-7-8-17-9-13(12)15)10-3-5-11(18-2)6-4-10/h3-9,14,16H,1-2H3. The van der Waals surface area contributed by atoms with E-state index in [0.717, 1.165) is 5.56 Å². The number of hydrogen-bond donors (Lipinski definition) is 1. The van der Waals surface area contributed by atoms with Crippen LogP contribution in [0.15, 0.2) is 47.6 Å². The van der Waals surface area contributed by atoms with E-state index in [-0.39, 0.29) is 11.9 Å². The van der Waals surface area contributed by atoms with Gasteiger partial charge < -0.3 is 5.32 Å². The molecule has 0 saturated heterocycles. The van der Waals surface area contributed by atoms with Gasteiger partial charge >= 0.3 is 0 Å². The van der Waals surface area contributed by atoms with Crippen molar-refractivity contribution in [3.63, 3.8) is 0 Å². The van der Waals surface area contributed by atoms with Gasteiger partial charge in [-0.3, -0.25) is 4.98 Å². The Morgan fingerprint density at radius 3 is 2.50 bits per heavy atom. The molecule has 1 aromatic heterocycles. The molecule has 1 unspecified atom stereocenters. The summed E-state index contributed by atoms with van der Waals surface area (Å²) in [7, 11) is 1.83. The van der Waals surface area contributed by atoms with Crippen LogP contribution >= 0.6 is 11.8 Å². The van der Waals surface area contributed by atoms with Crippen LogP contribution in [0.4, 0.5) is 4.39 Å². The largest absolute Gasteiger partial charge is 0.309 e. The first kappa shape index (κ1) is 13.1. The Hall–Kier alpha value is -1.39. The molecule has 2 nitrogen and oxygen atoms in total. The van der Waals surface area contributed by atoms with Gasteiger partial charge in [-0.15, -0.1) is 11.8 Å². The number of benzene rings is 1. The Morgan fingerprint density at radius 2 is 1.94 bits per heavy atom. The third-order valence-corrected chi connectivity index (χ3v) is 3.60. The van der Waals surface area contributed by atoms with Gasteiger partial charge in [-0.25, -0.2) is 4.39 Å². The molecule has 4 heteroatoms. The molecule has 0 aliphatic rings. The van der Waals surface area contributed by atoms with Gasteiger partial charge in [-0.05, 0) is 37.1 Å². The molecule has 0 fully saturated rings. The predicted octanol–water partition coefficient (Wildman–Crippen LogP) is 3.25. The minimum Gasteiger partial charge on any atom is -0.309 e. The maximum absolute atomic E-state index is 13.8. The fourth-order valence-electron chi connectivity index (χ4n) is 1.92. The third kappa shape index (κ3) is 2.71. The van der Waals surface area contributed by atoms with E-state index in [9.17, 15) is 4.39 Å². The molecule has 0 amide bonds. The minimum atomic E-state index is -0.286. The van der Waals surface area contributed by atoms with E-state index in [4.69, 9.17) is 0 Å². The molecule has 1 aromatic carbocycles. The summed E-state index contributed by atoms with van der Waals surface area (Å²) in [6.45, 7) is 0. The fourth-order valence-corrected chi connectivity index (χ4v) is 2.33. The number of hydrogen-bond acceptors (Lipinski definition) is 3. The normalized spacial score (nSPS) is 12.4. The van der Waals surface area contributed by atoms with Gasteiger partial charge in [0.1, 0.15) is 5.82 Å². The molecule has 2 rings (SSSR count). The van der Waals surface area contributed by atoms with Crippen molar-refractivity contribution < 1.29 is 4.39 Å². The maximum Gasteiger partial charge on any atom is 0.146 e. The summed E-state index contributed by atoms with van der Waals surface area (Å²) in [6.07, 6.45) is 4.89. The first-order valence-corrected chi connectivity index (χ1v) is 6.89. The zero-order chi connectivity index (χ0) is 13.0. The summed E-state index contributed by atoms with van der Waals surface area (Å²) in [5, 5.41) is 3.14. The van der Waals surface area contributed by atoms with E-state index in [2.05, 4.69) is 10.3 Å². The molecule has 2 aromatic rings. The zero-order valence-electron chi connectivity index (χ0n) is 10.4. The Labute approximate surface area is 111 Å². The molecule has 0 saturated carbocycles. The zero-order valence-corrected chi connectivity index (χ0v) is 11.2. The average molecular weight is 262 g/mol. The van der Waals surface area contributed by atoms with E-state index < -0.39 is 0 Å². The van der Waals surface area contributed by atoms with Crippen LogP contribution in [0.1, 0.15) is 17.2 Å². The van der Waals surface area contributed by atoms with Gasteiger partial charge in [0.2, 0.25) is 0 Å². The Morgan fingerprint density at radius 1 is 1.22 bits per heavy atom. The van der Waals surface area contributed by atoms with Crippen LogP contribution < -0.4 is 5.32 Å². The van der Waals surface area contributed by atoms with Crippen molar-refractivity contribution in [2.45, 2.75) is 10.9 Å². The summed E-state index contributed by atoms with van der Waals surface area (Å²) < 4.78 is 13.8. The van der Waals surface area contributed by atoms with Crippen molar-refractivity contribution in [1.29, 1.82) is 0 Å². The molecule has 0 aliphatic heterocycles. The number of pyridine rings is 1. The van der Waals surface area contributed by atoms with Crippen molar-refractivity contribution in [1.82, 2.24) is 10.3 Å². The molecule has 0 aliphatic carbocycles. The molecule has 0 spiro atoms. The van der Waals surface area contributed by atoms with Gasteiger partial charge in [0.25, 0.3) is 0 Å². The van der Waals surface area contributed by atoms with Crippen LogP contribution in [-0.4, -0.2) is 18.3 Å². The number of rotatable bonds is 4. The second-order valence-corrected chi connectivity index (χ2v) is 4.77. The first-order valence-electron chi connectivity index (χ1n) is 5.67. The highest BCUT2D eigenvalue weighted by molar-refractivity contribution is 7.98. The van der Waals surface area contributed by atoms with Gasteiger partial charge in [-0.1, -0.05) is 12.1 Å². The van der Waals surface area contributed by atoms with Crippen molar-refractivity contribution >= 4 is 11.8 Å². The van der Waals surface area contributed by atoms with Gasteiger partial charge in [0, 0.05) is 16.7 Å². The Kier molecular flexibility index (Phi) is 4.33. The van der Waals surface area contributed by atoms with Gasteiger partial charge in [0.05, 0.1) is 12.2 Å². The summed E-state index contributed by atoms with van der Waals surface area (Å²) in [5.74, 6) is -0.286. The van der Waals surface area contributed by atoms with Crippen LogP contribution in [0.25, 0.3) is 0 Å². The number of nitrogens with one attached hydrogen (secondary N) is 1. The van der Waals surface area contributed by atoms with Crippen molar-refractivity contribution in [2.75, 3.05) is 13.3 Å². The van der Waals surface area contributed by atoms with E-state index in [1.165, 1.54) is 11.1 Å². The average Bonchev–Trinajstić information content (AvgIpc) is 2.42. The molecule has 0 bridgehead atoms. The van der Waals surface area contributed by atoms with E-state index in [1.54, 1.807) is 24.0 Å². The summed E-state index contributed by atoms with van der Waals surface area (Å²) >= 11 is 1.69. The molecule has 94 valence electrons. The number of nitrogens with zero attached hydrogens (tertiary/aromatic N) is 1. The molecule has 1 heterocycles. The van der Waals surface area contributed by atoms with Crippen molar-refractivity contribution in [3.8, 4) is 0 Å².